The Morgan fingerprint density at radius 1 is 1.40 bits per heavy atom. The summed E-state index contributed by atoms with van der Waals surface area (Å²) in [6.45, 7) is 3.78. The number of halogens is 2. The first-order chi connectivity index (χ1) is 9.43. The average Bonchev–Trinajstić information content (AvgIpc) is 2.39. The third-order valence-electron chi connectivity index (χ3n) is 2.31. The first-order valence-electron chi connectivity index (χ1n) is 5.97. The Balaban J connectivity index is 2.51. The highest BCUT2D eigenvalue weighted by atomic mass is 35.5. The number of rotatable bonds is 6. The van der Waals surface area contributed by atoms with E-state index in [0.29, 0.717) is 22.3 Å². The van der Waals surface area contributed by atoms with Crippen molar-refractivity contribution in [3.63, 3.8) is 0 Å². The molecule has 4 nitrogen and oxygen atoms in total. The van der Waals surface area contributed by atoms with Crippen molar-refractivity contribution >= 4 is 52.5 Å². The standard InChI is InChI=1S/C13H15Cl2NO3S/c1-3-19-12(17)7-20-8(2)13(18)16-11-5-4-9(14)6-10(11)15/h4-6,8H,3,7H2,1-2H3,(H,16,18). The molecule has 1 aromatic carbocycles. The van der Waals surface area contributed by atoms with Crippen LogP contribution in [0, 0.1) is 0 Å². The minimum absolute atomic E-state index is 0.136. The summed E-state index contributed by atoms with van der Waals surface area (Å²) in [5.74, 6) is -0.429. The molecule has 110 valence electrons. The zero-order valence-corrected chi connectivity index (χ0v) is 13.4. The maximum absolute atomic E-state index is 11.9. The molecule has 0 aliphatic carbocycles. The Bertz CT molecular complexity index is 497. The van der Waals surface area contributed by atoms with Crippen LogP contribution in [0.4, 0.5) is 5.69 Å². The molecule has 1 amide bonds. The molecule has 0 aliphatic heterocycles. The van der Waals surface area contributed by atoms with Crippen molar-refractivity contribution in [1.29, 1.82) is 0 Å². The molecule has 0 heterocycles. The quantitative estimate of drug-likeness (QED) is 0.806. The smallest absolute Gasteiger partial charge is 0.315 e. The number of hydrogen-bond acceptors (Lipinski definition) is 4. The minimum Gasteiger partial charge on any atom is -0.465 e. The van der Waals surface area contributed by atoms with Gasteiger partial charge in [-0.15, -0.1) is 11.8 Å². The zero-order chi connectivity index (χ0) is 15.1. The van der Waals surface area contributed by atoms with E-state index in [0.717, 1.165) is 0 Å². The highest BCUT2D eigenvalue weighted by Crippen LogP contribution is 2.26. The van der Waals surface area contributed by atoms with Gasteiger partial charge in [0.05, 0.1) is 28.3 Å². The fourth-order valence-corrected chi connectivity index (χ4v) is 2.43. The lowest BCUT2D eigenvalue weighted by molar-refractivity contribution is -0.139. The van der Waals surface area contributed by atoms with E-state index in [1.165, 1.54) is 11.8 Å². The Labute approximate surface area is 132 Å². The molecule has 1 N–H and O–H groups in total. The molecule has 0 fully saturated rings. The molecule has 7 heteroatoms. The topological polar surface area (TPSA) is 55.4 Å². The van der Waals surface area contributed by atoms with Crippen LogP contribution in [0.1, 0.15) is 13.8 Å². The summed E-state index contributed by atoms with van der Waals surface area (Å²) in [5.41, 5.74) is 0.490. The van der Waals surface area contributed by atoms with Gasteiger partial charge in [0, 0.05) is 5.02 Å². The third kappa shape index (κ3) is 5.61. The number of hydrogen-bond donors (Lipinski definition) is 1. The monoisotopic (exact) mass is 335 g/mol. The number of thioether (sulfide) groups is 1. The van der Waals surface area contributed by atoms with E-state index >= 15 is 0 Å². The molecule has 0 aromatic heterocycles. The van der Waals surface area contributed by atoms with E-state index < -0.39 is 5.25 Å². The van der Waals surface area contributed by atoms with E-state index in [9.17, 15) is 9.59 Å². The summed E-state index contributed by atoms with van der Waals surface area (Å²) >= 11 is 12.9. The van der Waals surface area contributed by atoms with Crippen LogP contribution < -0.4 is 5.32 Å². The van der Waals surface area contributed by atoms with Gasteiger partial charge in [-0.05, 0) is 32.0 Å². The largest absolute Gasteiger partial charge is 0.465 e. The fourth-order valence-electron chi connectivity index (χ4n) is 1.30. The van der Waals surface area contributed by atoms with Gasteiger partial charge in [-0.2, -0.15) is 0 Å². The minimum atomic E-state index is -0.397. The van der Waals surface area contributed by atoms with Gasteiger partial charge in [-0.1, -0.05) is 23.2 Å². The molecule has 1 rings (SSSR count). The molecular formula is C13H15Cl2NO3S. The summed E-state index contributed by atoms with van der Waals surface area (Å²) in [4.78, 5) is 23.2. The van der Waals surface area contributed by atoms with Gasteiger partial charge in [0.15, 0.2) is 0 Å². The predicted molar refractivity (Wildman–Crippen MR) is 83.6 cm³/mol. The first-order valence-corrected chi connectivity index (χ1v) is 7.77. The zero-order valence-electron chi connectivity index (χ0n) is 11.1. The molecule has 0 radical (unpaired) electrons. The first kappa shape index (κ1) is 17.1. The number of amides is 1. The van der Waals surface area contributed by atoms with Crippen LogP contribution >= 0.6 is 35.0 Å². The number of esters is 1. The molecule has 0 aliphatic rings. The SMILES string of the molecule is CCOC(=O)CSC(C)C(=O)Nc1ccc(Cl)cc1Cl. The van der Waals surface area contributed by atoms with Crippen molar-refractivity contribution < 1.29 is 14.3 Å². The second-order valence-corrected chi connectivity index (χ2v) is 6.04. The summed E-state index contributed by atoms with van der Waals surface area (Å²) in [6, 6.07) is 4.82. The molecule has 1 atom stereocenters. The molecular weight excluding hydrogens is 321 g/mol. The van der Waals surface area contributed by atoms with Crippen LogP contribution in [-0.2, 0) is 14.3 Å². The fraction of sp³-hybridized carbons (Fsp3) is 0.385. The molecule has 1 unspecified atom stereocenters. The predicted octanol–water partition coefficient (Wildman–Crippen LogP) is 3.62. The lowest BCUT2D eigenvalue weighted by Gasteiger charge is -2.12. The number of benzene rings is 1. The summed E-state index contributed by atoms with van der Waals surface area (Å²) < 4.78 is 4.80. The molecule has 0 saturated carbocycles. The van der Waals surface area contributed by atoms with Crippen molar-refractivity contribution in [1.82, 2.24) is 0 Å². The van der Waals surface area contributed by atoms with Gasteiger partial charge in [-0.3, -0.25) is 9.59 Å². The van der Waals surface area contributed by atoms with Crippen LogP contribution in [-0.4, -0.2) is 29.5 Å². The second-order valence-electron chi connectivity index (χ2n) is 3.87. The van der Waals surface area contributed by atoms with E-state index in [4.69, 9.17) is 27.9 Å². The summed E-state index contributed by atoms with van der Waals surface area (Å²) in [6.07, 6.45) is 0. The third-order valence-corrected chi connectivity index (χ3v) is 3.98. The molecule has 0 bridgehead atoms. The van der Waals surface area contributed by atoms with Gasteiger partial charge in [-0.25, -0.2) is 0 Å². The summed E-state index contributed by atoms with van der Waals surface area (Å²) in [5, 5.41) is 3.16. The molecule has 0 saturated heterocycles. The van der Waals surface area contributed by atoms with E-state index in [-0.39, 0.29) is 17.6 Å². The van der Waals surface area contributed by atoms with Crippen molar-refractivity contribution in [2.75, 3.05) is 17.7 Å². The summed E-state index contributed by atoms with van der Waals surface area (Å²) in [7, 11) is 0. The van der Waals surface area contributed by atoms with Gasteiger partial charge in [0.2, 0.25) is 5.91 Å². The van der Waals surface area contributed by atoms with Crippen LogP contribution in [0.5, 0.6) is 0 Å². The van der Waals surface area contributed by atoms with Crippen LogP contribution in [0.2, 0.25) is 10.0 Å². The van der Waals surface area contributed by atoms with Crippen molar-refractivity contribution in [2.24, 2.45) is 0 Å². The second kappa shape index (κ2) is 8.39. The number of ether oxygens (including phenoxy) is 1. The molecule has 1 aromatic rings. The van der Waals surface area contributed by atoms with E-state index in [2.05, 4.69) is 5.32 Å². The number of nitrogens with one attached hydrogen (secondary N) is 1. The molecule has 0 spiro atoms. The Kier molecular flexibility index (Phi) is 7.19. The lowest BCUT2D eigenvalue weighted by Crippen LogP contribution is -2.24. The van der Waals surface area contributed by atoms with Crippen molar-refractivity contribution in [3.05, 3.63) is 28.2 Å². The van der Waals surface area contributed by atoms with Crippen LogP contribution in [0.25, 0.3) is 0 Å². The van der Waals surface area contributed by atoms with E-state index in [1.54, 1.807) is 32.0 Å². The normalized spacial score (nSPS) is 11.8. The highest BCUT2D eigenvalue weighted by Gasteiger charge is 2.16. The van der Waals surface area contributed by atoms with Gasteiger partial charge in [0.1, 0.15) is 0 Å². The Morgan fingerprint density at radius 3 is 2.70 bits per heavy atom. The van der Waals surface area contributed by atoms with Crippen molar-refractivity contribution in [3.8, 4) is 0 Å². The van der Waals surface area contributed by atoms with Crippen LogP contribution in [0.15, 0.2) is 18.2 Å². The van der Waals surface area contributed by atoms with Crippen molar-refractivity contribution in [2.45, 2.75) is 19.1 Å². The van der Waals surface area contributed by atoms with Gasteiger partial charge >= 0.3 is 5.97 Å². The number of anilines is 1. The van der Waals surface area contributed by atoms with E-state index in [1.807, 2.05) is 0 Å². The Morgan fingerprint density at radius 2 is 2.10 bits per heavy atom. The Hall–Kier alpha value is -0.910. The number of carbonyl (C=O) groups excluding carboxylic acids is 2. The molecule has 20 heavy (non-hydrogen) atoms. The highest BCUT2D eigenvalue weighted by molar-refractivity contribution is 8.01. The van der Waals surface area contributed by atoms with Gasteiger partial charge < -0.3 is 10.1 Å². The number of carbonyl (C=O) groups is 2. The maximum atomic E-state index is 11.9. The van der Waals surface area contributed by atoms with Gasteiger partial charge in [0.25, 0.3) is 0 Å². The maximum Gasteiger partial charge on any atom is 0.315 e. The van der Waals surface area contributed by atoms with Crippen LogP contribution in [0.3, 0.4) is 0 Å². The average molecular weight is 336 g/mol. The lowest BCUT2D eigenvalue weighted by atomic mass is 10.3.